The maximum absolute atomic E-state index is 9.63. The van der Waals surface area contributed by atoms with E-state index in [0.717, 1.165) is 35.4 Å². The summed E-state index contributed by atoms with van der Waals surface area (Å²) in [5.74, 6) is 1.18. The quantitative estimate of drug-likeness (QED) is 0.859. The number of phenolic OH excluding ortho intramolecular Hbond substituents is 1. The fourth-order valence-electron chi connectivity index (χ4n) is 2.85. The van der Waals surface area contributed by atoms with E-state index in [9.17, 15) is 10.4 Å². The molecule has 3 rings (SSSR count). The molecule has 0 saturated carbocycles. The van der Waals surface area contributed by atoms with Crippen LogP contribution >= 0.6 is 11.3 Å². The Morgan fingerprint density at radius 3 is 3.04 bits per heavy atom. The molecule has 23 heavy (non-hydrogen) atoms. The van der Waals surface area contributed by atoms with Gasteiger partial charge in [-0.05, 0) is 54.5 Å². The number of hydrogen-bond acceptors (Lipinski definition) is 5. The molecule has 0 bridgehead atoms. The summed E-state index contributed by atoms with van der Waals surface area (Å²) >= 11 is 1.62. The molecule has 0 spiro atoms. The third kappa shape index (κ3) is 3.08. The smallest absolute Gasteiger partial charge is 0.161 e. The summed E-state index contributed by atoms with van der Waals surface area (Å²) in [6, 6.07) is 7.38. The fraction of sp³-hybridized carbons (Fsp3) is 0.333. The Hall–Kier alpha value is -2.32. The number of thiophene rings is 1. The van der Waals surface area contributed by atoms with Gasteiger partial charge in [-0.3, -0.25) is 0 Å². The van der Waals surface area contributed by atoms with Gasteiger partial charge in [-0.15, -0.1) is 11.3 Å². The second kappa shape index (κ2) is 6.43. The van der Waals surface area contributed by atoms with Crippen LogP contribution < -0.4 is 4.74 Å². The molecule has 1 aromatic carbocycles. The zero-order valence-electron chi connectivity index (χ0n) is 13.2. The minimum Gasteiger partial charge on any atom is -0.504 e. The largest absolute Gasteiger partial charge is 0.504 e. The average molecular weight is 326 g/mol. The van der Waals surface area contributed by atoms with Crippen LogP contribution in [0.5, 0.6) is 11.5 Å². The molecule has 0 saturated heterocycles. The van der Waals surface area contributed by atoms with E-state index in [1.807, 2.05) is 0 Å². The number of nitriles is 1. The van der Waals surface area contributed by atoms with E-state index in [1.165, 1.54) is 17.6 Å². The molecule has 0 fully saturated rings. The molecule has 5 heteroatoms. The van der Waals surface area contributed by atoms with Crippen molar-refractivity contribution in [2.75, 3.05) is 7.11 Å². The predicted octanol–water partition coefficient (Wildman–Crippen LogP) is 4.21. The minimum atomic E-state index is 0.0999. The monoisotopic (exact) mass is 326 g/mol. The zero-order valence-corrected chi connectivity index (χ0v) is 14.0. The highest BCUT2D eigenvalue weighted by Gasteiger charge is 2.23. The van der Waals surface area contributed by atoms with E-state index in [4.69, 9.17) is 4.74 Å². The molecular formula is C18H18N2O2S. The molecule has 0 aliphatic heterocycles. The van der Waals surface area contributed by atoms with Crippen molar-refractivity contribution in [2.24, 2.45) is 10.9 Å². The molecule has 2 aromatic rings. The van der Waals surface area contributed by atoms with Gasteiger partial charge in [0.1, 0.15) is 11.1 Å². The predicted molar refractivity (Wildman–Crippen MR) is 92.1 cm³/mol. The third-order valence-corrected chi connectivity index (χ3v) is 5.30. The lowest BCUT2D eigenvalue weighted by atomic mass is 9.89. The number of fused-ring (bicyclic) bond motifs is 1. The van der Waals surface area contributed by atoms with Crippen molar-refractivity contribution in [1.82, 2.24) is 0 Å². The molecule has 4 nitrogen and oxygen atoms in total. The SMILES string of the molecule is COc1cc(/C=N/c2sc3c(c2C#N)CC[C@@H](C)C3)ccc1O. The van der Waals surface area contributed by atoms with Crippen LogP contribution in [0.25, 0.3) is 0 Å². The fourth-order valence-corrected chi connectivity index (χ4v) is 4.16. The van der Waals surface area contributed by atoms with Crippen LogP contribution in [0.4, 0.5) is 5.00 Å². The van der Waals surface area contributed by atoms with E-state index in [0.29, 0.717) is 11.7 Å². The van der Waals surface area contributed by atoms with Crippen molar-refractivity contribution >= 4 is 22.6 Å². The van der Waals surface area contributed by atoms with Crippen LogP contribution in [0, 0.1) is 17.2 Å². The van der Waals surface area contributed by atoms with Gasteiger partial charge in [-0.1, -0.05) is 6.92 Å². The first-order valence-corrected chi connectivity index (χ1v) is 8.39. The van der Waals surface area contributed by atoms with Gasteiger partial charge in [0, 0.05) is 11.1 Å². The number of aliphatic imine (C=N–C) groups is 1. The molecule has 1 aliphatic carbocycles. The summed E-state index contributed by atoms with van der Waals surface area (Å²) in [5, 5.41) is 19.9. The molecule has 0 radical (unpaired) electrons. The number of methoxy groups -OCH3 is 1. The van der Waals surface area contributed by atoms with Crippen molar-refractivity contribution in [1.29, 1.82) is 5.26 Å². The maximum atomic E-state index is 9.63. The number of benzene rings is 1. The van der Waals surface area contributed by atoms with Gasteiger partial charge in [0.2, 0.25) is 0 Å². The third-order valence-electron chi connectivity index (χ3n) is 4.14. The van der Waals surface area contributed by atoms with E-state index >= 15 is 0 Å². The van der Waals surface area contributed by atoms with Crippen LogP contribution in [0.2, 0.25) is 0 Å². The average Bonchev–Trinajstić information content (AvgIpc) is 2.90. The molecule has 1 aromatic heterocycles. The highest BCUT2D eigenvalue weighted by Crippen LogP contribution is 2.40. The molecule has 1 aliphatic rings. The molecule has 1 N–H and O–H groups in total. The number of ether oxygens (including phenoxy) is 1. The summed E-state index contributed by atoms with van der Waals surface area (Å²) in [6.45, 7) is 2.25. The number of hydrogen-bond donors (Lipinski definition) is 1. The van der Waals surface area contributed by atoms with E-state index in [2.05, 4.69) is 18.0 Å². The van der Waals surface area contributed by atoms with Gasteiger partial charge in [0.05, 0.1) is 12.7 Å². The number of phenols is 1. The summed E-state index contributed by atoms with van der Waals surface area (Å²) in [4.78, 5) is 5.82. The first-order chi connectivity index (χ1) is 11.1. The van der Waals surface area contributed by atoms with Crippen molar-refractivity contribution < 1.29 is 9.84 Å². The van der Waals surface area contributed by atoms with Crippen molar-refractivity contribution in [3.8, 4) is 17.6 Å². The Balaban J connectivity index is 1.93. The summed E-state index contributed by atoms with van der Waals surface area (Å²) in [6.07, 6.45) is 4.86. The molecule has 118 valence electrons. The lowest BCUT2D eigenvalue weighted by Gasteiger charge is -2.17. The second-order valence-corrected chi connectivity index (χ2v) is 6.92. The van der Waals surface area contributed by atoms with Gasteiger partial charge in [-0.2, -0.15) is 5.26 Å². The van der Waals surface area contributed by atoms with Crippen LogP contribution in [0.3, 0.4) is 0 Å². The number of rotatable bonds is 3. The van der Waals surface area contributed by atoms with Gasteiger partial charge in [0.15, 0.2) is 11.5 Å². The summed E-state index contributed by atoms with van der Waals surface area (Å²) in [5.41, 5.74) is 2.73. The number of nitrogens with zero attached hydrogens (tertiary/aromatic N) is 2. The Kier molecular flexibility index (Phi) is 4.35. The Morgan fingerprint density at radius 1 is 1.48 bits per heavy atom. The van der Waals surface area contributed by atoms with Gasteiger partial charge < -0.3 is 9.84 Å². The van der Waals surface area contributed by atoms with Gasteiger partial charge in [-0.25, -0.2) is 4.99 Å². The van der Waals surface area contributed by atoms with E-state index < -0.39 is 0 Å². The molecule has 0 amide bonds. The van der Waals surface area contributed by atoms with E-state index in [-0.39, 0.29) is 5.75 Å². The Labute approximate surface area is 139 Å². The van der Waals surface area contributed by atoms with Crippen molar-refractivity contribution in [2.45, 2.75) is 26.2 Å². The van der Waals surface area contributed by atoms with Gasteiger partial charge in [0.25, 0.3) is 0 Å². The van der Waals surface area contributed by atoms with E-state index in [1.54, 1.807) is 35.8 Å². The van der Waals surface area contributed by atoms with Crippen molar-refractivity contribution in [3.63, 3.8) is 0 Å². The van der Waals surface area contributed by atoms with Crippen molar-refractivity contribution in [3.05, 3.63) is 39.8 Å². The van der Waals surface area contributed by atoms with Crippen LogP contribution in [-0.4, -0.2) is 18.4 Å². The first kappa shape index (κ1) is 15.6. The zero-order chi connectivity index (χ0) is 16.4. The topological polar surface area (TPSA) is 65.6 Å². The normalized spacial score (nSPS) is 17.0. The summed E-state index contributed by atoms with van der Waals surface area (Å²) in [7, 11) is 1.51. The second-order valence-electron chi connectivity index (χ2n) is 5.83. The lowest BCUT2D eigenvalue weighted by Crippen LogP contribution is -2.09. The summed E-state index contributed by atoms with van der Waals surface area (Å²) < 4.78 is 5.10. The Bertz CT molecular complexity index is 802. The minimum absolute atomic E-state index is 0.0999. The highest BCUT2D eigenvalue weighted by atomic mass is 32.1. The highest BCUT2D eigenvalue weighted by molar-refractivity contribution is 7.16. The molecular weight excluding hydrogens is 308 g/mol. The maximum Gasteiger partial charge on any atom is 0.161 e. The standard InChI is InChI=1S/C18H18N2O2S/c1-11-3-5-13-14(9-19)18(23-17(13)7-11)20-10-12-4-6-15(21)16(8-12)22-2/h4,6,8,10-11,21H,3,5,7H2,1-2H3/b20-10+/t11-/m1/s1. The Morgan fingerprint density at radius 2 is 2.30 bits per heavy atom. The van der Waals surface area contributed by atoms with Crippen LogP contribution in [0.15, 0.2) is 23.2 Å². The van der Waals surface area contributed by atoms with Crippen LogP contribution in [-0.2, 0) is 12.8 Å². The lowest BCUT2D eigenvalue weighted by molar-refractivity contribution is 0.373. The molecule has 1 atom stereocenters. The first-order valence-electron chi connectivity index (χ1n) is 7.58. The molecule has 0 unspecified atom stereocenters. The van der Waals surface area contributed by atoms with Gasteiger partial charge >= 0.3 is 0 Å². The molecule has 1 heterocycles. The van der Waals surface area contributed by atoms with Crippen LogP contribution in [0.1, 0.15) is 34.9 Å². The number of aromatic hydroxyl groups is 1.